The summed E-state index contributed by atoms with van der Waals surface area (Å²) in [7, 11) is 0. The van der Waals surface area contributed by atoms with E-state index < -0.39 is 23.7 Å². The number of hydrogen-bond acceptors (Lipinski definition) is 5. The number of carbonyl (C=O) groups excluding carboxylic acids is 1. The molecule has 0 heterocycles. The van der Waals surface area contributed by atoms with Crippen LogP contribution < -0.4 is 10.1 Å². The van der Waals surface area contributed by atoms with Gasteiger partial charge >= 0.3 is 12.1 Å². The Morgan fingerprint density at radius 2 is 1.67 bits per heavy atom. The summed E-state index contributed by atoms with van der Waals surface area (Å²) in [6.07, 6.45) is -0.681. The highest BCUT2D eigenvalue weighted by Gasteiger charge is 2.25. The molecule has 2 rings (SSSR count). The standard InChI is InChI=1S/C20H20I3NO6/c1-20(2,3)30-19(28)24-15(18(26)27)8-10-6-13(22)17(14(23)7-10)29-11-4-5-16(25)12(21)9-11/h4-7,9,15,25H,8H2,1-3H3,(H,24,28)(H,26,27)/t15-/m0/s1. The summed E-state index contributed by atoms with van der Waals surface area (Å²) in [6.45, 7) is 5.13. The number of amides is 1. The van der Waals surface area contributed by atoms with E-state index in [1.807, 2.05) is 34.7 Å². The summed E-state index contributed by atoms with van der Waals surface area (Å²) < 4.78 is 13.4. The van der Waals surface area contributed by atoms with Crippen LogP contribution in [0.4, 0.5) is 4.79 Å². The van der Waals surface area contributed by atoms with Crippen LogP contribution in [0.15, 0.2) is 30.3 Å². The summed E-state index contributed by atoms with van der Waals surface area (Å²) in [5.41, 5.74) is 0.0167. The molecule has 2 aromatic carbocycles. The summed E-state index contributed by atoms with van der Waals surface area (Å²) in [6, 6.07) is 7.46. The van der Waals surface area contributed by atoms with Crippen LogP contribution >= 0.6 is 67.8 Å². The molecule has 0 unspecified atom stereocenters. The third-order valence-electron chi connectivity index (χ3n) is 3.63. The first kappa shape index (κ1) is 25.2. The van der Waals surface area contributed by atoms with E-state index in [-0.39, 0.29) is 12.2 Å². The Morgan fingerprint density at radius 3 is 2.17 bits per heavy atom. The molecule has 0 fully saturated rings. The lowest BCUT2D eigenvalue weighted by molar-refractivity contribution is -0.139. The molecule has 0 radical (unpaired) electrons. The third kappa shape index (κ3) is 7.59. The molecule has 0 spiro atoms. The van der Waals surface area contributed by atoms with Crippen molar-refractivity contribution in [3.63, 3.8) is 0 Å². The van der Waals surface area contributed by atoms with Crippen molar-refractivity contribution in [3.05, 3.63) is 46.6 Å². The van der Waals surface area contributed by atoms with Crippen molar-refractivity contribution in [2.45, 2.75) is 38.8 Å². The number of ether oxygens (including phenoxy) is 2. The van der Waals surface area contributed by atoms with Gasteiger partial charge in [0.25, 0.3) is 0 Å². The van der Waals surface area contributed by atoms with Gasteiger partial charge in [0.2, 0.25) is 0 Å². The number of carbonyl (C=O) groups is 2. The molecule has 1 amide bonds. The first-order valence-electron chi connectivity index (χ1n) is 8.72. The molecule has 7 nitrogen and oxygen atoms in total. The van der Waals surface area contributed by atoms with E-state index in [1.165, 1.54) is 0 Å². The Labute approximate surface area is 215 Å². The molecule has 2 aromatic rings. The first-order valence-corrected chi connectivity index (χ1v) is 12.0. The number of phenolic OH excluding ortho intramolecular Hbond substituents is 1. The van der Waals surface area contributed by atoms with Gasteiger partial charge in [0, 0.05) is 6.42 Å². The molecule has 0 saturated heterocycles. The lowest BCUT2D eigenvalue weighted by atomic mass is 10.1. The average Bonchev–Trinajstić information content (AvgIpc) is 2.59. The minimum atomic E-state index is -1.15. The summed E-state index contributed by atoms with van der Waals surface area (Å²) >= 11 is 6.26. The lowest BCUT2D eigenvalue weighted by Crippen LogP contribution is -2.44. The van der Waals surface area contributed by atoms with Gasteiger partial charge in [0.1, 0.15) is 23.1 Å². The monoisotopic (exact) mass is 751 g/mol. The Balaban J connectivity index is 2.18. The van der Waals surface area contributed by atoms with Crippen molar-refractivity contribution in [1.29, 1.82) is 0 Å². The Morgan fingerprint density at radius 1 is 1.07 bits per heavy atom. The molecule has 0 aromatic heterocycles. The highest BCUT2D eigenvalue weighted by atomic mass is 127. The molecular weight excluding hydrogens is 731 g/mol. The normalized spacial score (nSPS) is 12.2. The van der Waals surface area contributed by atoms with E-state index in [9.17, 15) is 19.8 Å². The van der Waals surface area contributed by atoms with Crippen LogP contribution in [-0.4, -0.2) is 33.9 Å². The Hall–Kier alpha value is -1.03. The fourth-order valence-corrected chi connectivity index (χ4v) is 4.99. The molecule has 0 aliphatic rings. The van der Waals surface area contributed by atoms with E-state index in [2.05, 4.69) is 50.5 Å². The number of halogens is 3. The van der Waals surface area contributed by atoms with Crippen LogP contribution in [0.2, 0.25) is 0 Å². The number of phenols is 1. The number of alkyl carbamates (subject to hydrolysis) is 1. The molecule has 30 heavy (non-hydrogen) atoms. The van der Waals surface area contributed by atoms with Gasteiger partial charge < -0.3 is 25.0 Å². The van der Waals surface area contributed by atoms with Crippen molar-refractivity contribution in [1.82, 2.24) is 5.32 Å². The number of hydrogen-bond donors (Lipinski definition) is 3. The first-order chi connectivity index (χ1) is 13.9. The fraction of sp³-hybridized carbons (Fsp3) is 0.300. The number of aliphatic carboxylic acids is 1. The van der Waals surface area contributed by atoms with Gasteiger partial charge in [-0.2, -0.15) is 0 Å². The maximum Gasteiger partial charge on any atom is 0.408 e. The number of rotatable bonds is 6. The minimum Gasteiger partial charge on any atom is -0.507 e. The van der Waals surface area contributed by atoms with Crippen LogP contribution in [-0.2, 0) is 16.0 Å². The van der Waals surface area contributed by atoms with E-state index in [4.69, 9.17) is 9.47 Å². The van der Waals surface area contributed by atoms with Crippen LogP contribution in [0.3, 0.4) is 0 Å². The maximum atomic E-state index is 12.0. The van der Waals surface area contributed by atoms with Gasteiger partial charge in [0.05, 0.1) is 10.7 Å². The second-order valence-corrected chi connectivity index (χ2v) is 10.8. The molecule has 3 N–H and O–H groups in total. The number of benzene rings is 2. The molecular formula is C20H20I3NO6. The van der Waals surface area contributed by atoms with Gasteiger partial charge in [-0.05, 0) is 124 Å². The van der Waals surface area contributed by atoms with Crippen molar-refractivity contribution < 1.29 is 29.3 Å². The summed E-state index contributed by atoms with van der Waals surface area (Å²) in [5.74, 6) is 0.244. The quantitative estimate of drug-likeness (QED) is 0.337. The van der Waals surface area contributed by atoms with Crippen LogP contribution in [0.5, 0.6) is 17.2 Å². The smallest absolute Gasteiger partial charge is 0.408 e. The molecule has 0 aliphatic carbocycles. The Bertz CT molecular complexity index is 935. The van der Waals surface area contributed by atoms with Crippen molar-refractivity contribution in [3.8, 4) is 17.2 Å². The third-order valence-corrected chi connectivity index (χ3v) is 6.09. The summed E-state index contributed by atoms with van der Waals surface area (Å²) in [4.78, 5) is 23.6. The molecule has 162 valence electrons. The largest absolute Gasteiger partial charge is 0.507 e. The highest BCUT2D eigenvalue weighted by molar-refractivity contribution is 14.1. The second kappa shape index (κ2) is 10.5. The number of carboxylic acid groups (broad SMARTS) is 1. The van der Waals surface area contributed by atoms with Gasteiger partial charge in [-0.25, -0.2) is 9.59 Å². The zero-order chi connectivity index (χ0) is 22.6. The molecule has 0 saturated carbocycles. The molecule has 0 aliphatic heterocycles. The highest BCUT2D eigenvalue weighted by Crippen LogP contribution is 2.35. The van der Waals surface area contributed by atoms with Gasteiger partial charge in [-0.1, -0.05) is 0 Å². The van der Waals surface area contributed by atoms with Gasteiger partial charge in [-0.15, -0.1) is 0 Å². The predicted octanol–water partition coefficient (Wildman–Crippen LogP) is 5.52. The number of carboxylic acids is 1. The summed E-state index contributed by atoms with van der Waals surface area (Å²) in [5, 5.41) is 21.6. The minimum absolute atomic E-state index is 0.0952. The predicted molar refractivity (Wildman–Crippen MR) is 137 cm³/mol. The van der Waals surface area contributed by atoms with E-state index in [0.717, 1.165) is 12.7 Å². The maximum absolute atomic E-state index is 12.0. The van der Waals surface area contributed by atoms with Crippen molar-refractivity contribution in [2.24, 2.45) is 0 Å². The molecule has 10 heteroatoms. The second-order valence-electron chi connectivity index (χ2n) is 7.35. The number of nitrogens with one attached hydrogen (secondary N) is 1. The van der Waals surface area contributed by atoms with Crippen LogP contribution in [0.1, 0.15) is 26.3 Å². The van der Waals surface area contributed by atoms with Crippen LogP contribution in [0.25, 0.3) is 0 Å². The van der Waals surface area contributed by atoms with Crippen LogP contribution in [0, 0.1) is 10.7 Å². The topological polar surface area (TPSA) is 105 Å². The molecule has 0 bridgehead atoms. The van der Waals surface area contributed by atoms with E-state index in [0.29, 0.717) is 15.1 Å². The molecule has 1 atom stereocenters. The Kier molecular flexibility index (Phi) is 8.85. The zero-order valence-electron chi connectivity index (χ0n) is 16.3. The fourth-order valence-electron chi connectivity index (χ4n) is 2.38. The average molecular weight is 751 g/mol. The lowest BCUT2D eigenvalue weighted by Gasteiger charge is -2.22. The van der Waals surface area contributed by atoms with Gasteiger partial charge in [-0.3, -0.25) is 0 Å². The number of aromatic hydroxyl groups is 1. The van der Waals surface area contributed by atoms with Crippen molar-refractivity contribution >= 4 is 79.8 Å². The van der Waals surface area contributed by atoms with E-state index in [1.54, 1.807) is 39.0 Å². The van der Waals surface area contributed by atoms with Crippen molar-refractivity contribution in [2.75, 3.05) is 0 Å². The van der Waals surface area contributed by atoms with E-state index >= 15 is 0 Å². The SMILES string of the molecule is CC(C)(C)OC(=O)N[C@@H](Cc1cc(I)c(Oc2ccc(O)c(I)c2)c(I)c1)C(=O)O. The zero-order valence-corrected chi connectivity index (χ0v) is 22.8. The van der Waals surface area contributed by atoms with Gasteiger partial charge in [0.15, 0.2) is 5.75 Å².